The number of halogens is 1. The van der Waals surface area contributed by atoms with E-state index in [2.05, 4.69) is 25.4 Å². The molecule has 3 rings (SSSR count). The van der Waals surface area contributed by atoms with Crippen molar-refractivity contribution in [3.63, 3.8) is 0 Å². The highest BCUT2D eigenvalue weighted by Crippen LogP contribution is 2.33. The maximum absolute atomic E-state index is 5.95. The first-order valence-electron chi connectivity index (χ1n) is 6.05. The molecule has 0 aliphatic carbocycles. The highest BCUT2D eigenvalue weighted by atomic mass is 35.5. The second kappa shape index (κ2) is 5.74. The largest absolute Gasteiger partial charge is 0.419 e. The fourth-order valence-electron chi connectivity index (χ4n) is 1.66. The fraction of sp³-hybridized carbons (Fsp3) is 0.167. The number of benzene rings is 1. The van der Waals surface area contributed by atoms with E-state index in [1.54, 1.807) is 12.1 Å². The molecule has 0 radical (unpaired) electrons. The number of nitrogens with zero attached hydrogens (tertiary/aromatic N) is 4. The molecule has 2 heterocycles. The summed E-state index contributed by atoms with van der Waals surface area (Å²) < 4.78 is 5.67. The fourth-order valence-corrected chi connectivity index (χ4v) is 2.61. The van der Waals surface area contributed by atoms with Crippen molar-refractivity contribution in [2.24, 2.45) is 0 Å². The van der Waals surface area contributed by atoms with E-state index in [0.29, 0.717) is 22.0 Å². The number of aromatic amines is 1. The summed E-state index contributed by atoms with van der Waals surface area (Å²) in [7, 11) is 0. The lowest BCUT2D eigenvalue weighted by atomic mass is 10.2. The van der Waals surface area contributed by atoms with Crippen LogP contribution in [0.25, 0.3) is 11.5 Å². The van der Waals surface area contributed by atoms with Crippen LogP contribution in [0.2, 0.25) is 5.02 Å². The van der Waals surface area contributed by atoms with Crippen molar-refractivity contribution < 1.29 is 4.42 Å². The van der Waals surface area contributed by atoms with Crippen LogP contribution >= 0.6 is 23.4 Å². The molecule has 0 bridgehead atoms. The Morgan fingerprint density at radius 1 is 1.38 bits per heavy atom. The number of nitrogen functional groups attached to an aromatic ring is 1. The van der Waals surface area contributed by atoms with Crippen LogP contribution in [0, 0.1) is 0 Å². The Kier molecular flexibility index (Phi) is 3.80. The van der Waals surface area contributed by atoms with E-state index in [-0.39, 0.29) is 11.2 Å². The highest BCUT2D eigenvalue weighted by molar-refractivity contribution is 7.99. The molecule has 0 unspecified atom stereocenters. The van der Waals surface area contributed by atoms with Gasteiger partial charge in [-0.2, -0.15) is 4.98 Å². The topological polar surface area (TPSA) is 107 Å². The Morgan fingerprint density at radius 2 is 2.24 bits per heavy atom. The van der Waals surface area contributed by atoms with Crippen LogP contribution in [-0.4, -0.2) is 25.4 Å². The average molecular weight is 323 g/mol. The standard InChI is InChI=1S/C12H11ClN6OS/c1-6(21-12-15-11(14)18-19-12)9-16-17-10(20-9)7-3-2-4-8(13)5-7/h2-6H,1H3,(H3,14,15,18,19)/t6-/m1/s1. The molecule has 9 heteroatoms. The lowest BCUT2D eigenvalue weighted by Gasteiger charge is -2.01. The van der Waals surface area contributed by atoms with E-state index in [1.807, 2.05) is 19.1 Å². The Labute approximate surface area is 129 Å². The summed E-state index contributed by atoms with van der Waals surface area (Å²) in [6.07, 6.45) is 0. The third-order valence-corrected chi connectivity index (χ3v) is 3.81. The maximum Gasteiger partial charge on any atom is 0.247 e. The molecule has 1 atom stereocenters. The van der Waals surface area contributed by atoms with E-state index in [4.69, 9.17) is 21.8 Å². The first-order chi connectivity index (χ1) is 10.1. The van der Waals surface area contributed by atoms with Crippen LogP contribution in [0.5, 0.6) is 0 Å². The molecular formula is C12H11ClN6OS. The molecule has 2 aromatic heterocycles. The van der Waals surface area contributed by atoms with E-state index >= 15 is 0 Å². The van der Waals surface area contributed by atoms with Gasteiger partial charge in [0.1, 0.15) is 0 Å². The lowest BCUT2D eigenvalue weighted by molar-refractivity contribution is 0.509. The Balaban J connectivity index is 1.78. The van der Waals surface area contributed by atoms with Crippen LogP contribution in [-0.2, 0) is 0 Å². The SMILES string of the molecule is C[C@@H](Sc1n[nH]c(N)n1)c1nnc(-c2cccc(Cl)c2)o1. The summed E-state index contributed by atoms with van der Waals surface area (Å²) >= 11 is 7.32. The van der Waals surface area contributed by atoms with Crippen LogP contribution in [0.1, 0.15) is 18.1 Å². The monoisotopic (exact) mass is 322 g/mol. The number of rotatable bonds is 4. The summed E-state index contributed by atoms with van der Waals surface area (Å²) in [5, 5.41) is 15.7. The zero-order chi connectivity index (χ0) is 14.8. The van der Waals surface area contributed by atoms with Crippen molar-refractivity contribution in [1.82, 2.24) is 25.4 Å². The minimum atomic E-state index is -0.0966. The smallest absolute Gasteiger partial charge is 0.247 e. The number of H-pyrrole nitrogens is 1. The predicted octanol–water partition coefficient (Wildman–Crippen LogP) is 2.94. The van der Waals surface area contributed by atoms with E-state index in [0.717, 1.165) is 5.56 Å². The molecule has 0 amide bonds. The normalized spacial score (nSPS) is 12.5. The number of hydrogen-bond acceptors (Lipinski definition) is 7. The first kappa shape index (κ1) is 13.9. The zero-order valence-corrected chi connectivity index (χ0v) is 12.5. The van der Waals surface area contributed by atoms with E-state index in [1.165, 1.54) is 11.8 Å². The summed E-state index contributed by atoms with van der Waals surface area (Å²) in [6, 6.07) is 7.24. The lowest BCUT2D eigenvalue weighted by Crippen LogP contribution is -1.90. The summed E-state index contributed by atoms with van der Waals surface area (Å²) in [4.78, 5) is 4.02. The van der Waals surface area contributed by atoms with Gasteiger partial charge < -0.3 is 10.2 Å². The second-order valence-electron chi connectivity index (χ2n) is 4.22. The second-order valence-corrected chi connectivity index (χ2v) is 5.96. The molecule has 0 spiro atoms. The minimum absolute atomic E-state index is 0.0966. The molecule has 7 nitrogen and oxygen atoms in total. The van der Waals surface area contributed by atoms with Crippen LogP contribution < -0.4 is 5.73 Å². The summed E-state index contributed by atoms with van der Waals surface area (Å²) in [5.74, 6) is 1.18. The molecule has 0 aliphatic heterocycles. The number of hydrogen-bond donors (Lipinski definition) is 2. The van der Waals surface area contributed by atoms with Gasteiger partial charge in [0.15, 0.2) is 0 Å². The summed E-state index contributed by atoms with van der Waals surface area (Å²) in [5.41, 5.74) is 6.26. The minimum Gasteiger partial charge on any atom is -0.419 e. The highest BCUT2D eigenvalue weighted by Gasteiger charge is 2.18. The van der Waals surface area contributed by atoms with Crippen LogP contribution in [0.4, 0.5) is 5.95 Å². The van der Waals surface area contributed by atoms with Crippen molar-refractivity contribution >= 4 is 29.3 Å². The number of nitrogens with two attached hydrogens (primary N) is 1. The first-order valence-corrected chi connectivity index (χ1v) is 7.31. The molecule has 0 saturated carbocycles. The summed E-state index contributed by atoms with van der Waals surface area (Å²) in [6.45, 7) is 1.92. The average Bonchev–Trinajstić information content (AvgIpc) is 3.08. The zero-order valence-electron chi connectivity index (χ0n) is 10.9. The van der Waals surface area contributed by atoms with Gasteiger partial charge in [-0.05, 0) is 25.1 Å². The van der Waals surface area contributed by atoms with Crippen molar-refractivity contribution in [3.8, 4) is 11.5 Å². The number of anilines is 1. The molecular weight excluding hydrogens is 312 g/mol. The molecule has 3 aromatic rings. The maximum atomic E-state index is 5.95. The van der Waals surface area contributed by atoms with Crippen molar-refractivity contribution in [3.05, 3.63) is 35.2 Å². The predicted molar refractivity (Wildman–Crippen MR) is 79.8 cm³/mol. The molecule has 0 saturated heterocycles. The van der Waals surface area contributed by atoms with Gasteiger partial charge in [-0.15, -0.1) is 15.3 Å². The third-order valence-electron chi connectivity index (χ3n) is 2.62. The van der Waals surface area contributed by atoms with Gasteiger partial charge in [-0.3, -0.25) is 0 Å². The Morgan fingerprint density at radius 3 is 2.95 bits per heavy atom. The van der Waals surface area contributed by atoms with Gasteiger partial charge in [-0.1, -0.05) is 29.4 Å². The Bertz CT molecular complexity index is 758. The molecule has 1 aromatic carbocycles. The molecule has 0 fully saturated rings. The number of thioether (sulfide) groups is 1. The Hall–Kier alpha value is -2.06. The molecule has 3 N–H and O–H groups in total. The van der Waals surface area contributed by atoms with Gasteiger partial charge in [-0.25, -0.2) is 5.10 Å². The molecule has 0 aliphatic rings. The van der Waals surface area contributed by atoms with Gasteiger partial charge >= 0.3 is 0 Å². The van der Waals surface area contributed by atoms with E-state index < -0.39 is 0 Å². The van der Waals surface area contributed by atoms with Crippen LogP contribution in [0.3, 0.4) is 0 Å². The van der Waals surface area contributed by atoms with Crippen molar-refractivity contribution in [2.75, 3.05) is 5.73 Å². The number of nitrogens with one attached hydrogen (secondary N) is 1. The van der Waals surface area contributed by atoms with Crippen LogP contribution in [0.15, 0.2) is 33.8 Å². The van der Waals surface area contributed by atoms with Crippen molar-refractivity contribution in [2.45, 2.75) is 17.3 Å². The van der Waals surface area contributed by atoms with Crippen molar-refractivity contribution in [1.29, 1.82) is 0 Å². The number of aromatic nitrogens is 5. The van der Waals surface area contributed by atoms with Gasteiger partial charge in [0.05, 0.1) is 5.25 Å². The molecule has 108 valence electrons. The van der Waals surface area contributed by atoms with Gasteiger partial charge in [0, 0.05) is 10.6 Å². The quantitative estimate of drug-likeness (QED) is 0.711. The van der Waals surface area contributed by atoms with Gasteiger partial charge in [0.25, 0.3) is 0 Å². The van der Waals surface area contributed by atoms with Gasteiger partial charge in [0.2, 0.25) is 22.9 Å². The molecule has 21 heavy (non-hydrogen) atoms. The third kappa shape index (κ3) is 3.17. The van der Waals surface area contributed by atoms with E-state index in [9.17, 15) is 0 Å².